The number of rotatable bonds is 4. The van der Waals surface area contributed by atoms with Crippen LogP contribution in [-0.4, -0.2) is 19.9 Å². The number of nitrogens with two attached hydrogens (primary N) is 1. The molecule has 15 heavy (non-hydrogen) atoms. The van der Waals surface area contributed by atoms with E-state index in [-0.39, 0.29) is 17.3 Å². The van der Waals surface area contributed by atoms with Gasteiger partial charge in [0.25, 0.3) is 0 Å². The molecule has 0 bridgehead atoms. The highest BCUT2D eigenvalue weighted by Crippen LogP contribution is 2.14. The van der Waals surface area contributed by atoms with Gasteiger partial charge in [-0.3, -0.25) is 0 Å². The van der Waals surface area contributed by atoms with Gasteiger partial charge in [0.1, 0.15) is 10.7 Å². The number of hydrogen-bond acceptors (Lipinski definition) is 4. The van der Waals surface area contributed by atoms with Crippen molar-refractivity contribution in [1.29, 1.82) is 0 Å². The molecule has 1 rings (SSSR count). The second-order valence-corrected chi connectivity index (χ2v) is 5.59. The molecule has 3 N–H and O–H groups in total. The number of halogens is 1. The molecule has 82 valence electrons. The summed E-state index contributed by atoms with van der Waals surface area (Å²) in [5.74, 6) is -0.0230. The maximum atomic E-state index is 11.7. The van der Waals surface area contributed by atoms with Crippen LogP contribution in [0.3, 0.4) is 0 Å². The Kier molecular flexibility index (Phi) is 3.83. The highest BCUT2D eigenvalue weighted by Gasteiger charge is 2.16. The lowest BCUT2D eigenvalue weighted by Crippen LogP contribution is -2.25. The van der Waals surface area contributed by atoms with Crippen LogP contribution >= 0.6 is 15.9 Å². The van der Waals surface area contributed by atoms with Gasteiger partial charge in [-0.1, -0.05) is 22.5 Å². The van der Waals surface area contributed by atoms with Gasteiger partial charge in [0.2, 0.25) is 10.0 Å². The monoisotopic (exact) mass is 291 g/mol. The normalized spacial score (nSPS) is 11.3. The summed E-state index contributed by atoms with van der Waals surface area (Å²) in [6, 6.07) is 2.90. The number of nitrogen functional groups attached to an aromatic ring is 1. The first-order valence-electron chi connectivity index (χ1n) is 3.97. The third-order valence-corrected chi connectivity index (χ3v) is 3.27. The predicted molar refractivity (Wildman–Crippen MR) is 61.9 cm³/mol. The summed E-state index contributed by atoms with van der Waals surface area (Å²) in [5.41, 5.74) is 5.45. The average Bonchev–Trinajstić information content (AvgIpc) is 2.15. The summed E-state index contributed by atoms with van der Waals surface area (Å²) in [6.45, 7) is 3.62. The Bertz CT molecular complexity index is 473. The molecule has 0 unspecified atom stereocenters. The molecule has 0 saturated heterocycles. The fraction of sp³-hybridized carbons (Fsp3) is 0.125. The maximum Gasteiger partial charge on any atom is 0.244 e. The molecule has 1 aromatic heterocycles. The second-order valence-electron chi connectivity index (χ2n) is 2.73. The Labute approximate surface area is 96.6 Å². The third kappa shape index (κ3) is 3.29. The van der Waals surface area contributed by atoms with Gasteiger partial charge in [0.15, 0.2) is 0 Å². The predicted octanol–water partition coefficient (Wildman–Crippen LogP) is 0.851. The quantitative estimate of drug-likeness (QED) is 0.861. The zero-order chi connectivity index (χ0) is 11.5. The van der Waals surface area contributed by atoms with Gasteiger partial charge in [-0.25, -0.2) is 18.1 Å². The highest BCUT2D eigenvalue weighted by atomic mass is 79.9. The lowest BCUT2D eigenvalue weighted by atomic mass is 10.5. The molecule has 1 aromatic rings. The molecule has 0 fully saturated rings. The van der Waals surface area contributed by atoms with Crippen LogP contribution in [0.5, 0.6) is 0 Å². The van der Waals surface area contributed by atoms with Gasteiger partial charge in [-0.2, -0.15) is 0 Å². The third-order valence-electron chi connectivity index (χ3n) is 1.54. The number of anilines is 1. The van der Waals surface area contributed by atoms with Crippen LogP contribution < -0.4 is 10.5 Å². The minimum atomic E-state index is -3.61. The summed E-state index contributed by atoms with van der Waals surface area (Å²) in [6.07, 6.45) is 1.43. The summed E-state index contributed by atoms with van der Waals surface area (Å²) in [7, 11) is -3.61. The molecule has 0 aliphatic rings. The van der Waals surface area contributed by atoms with Gasteiger partial charge in [-0.15, -0.1) is 0 Å². The second kappa shape index (κ2) is 4.73. The Morgan fingerprint density at radius 2 is 2.33 bits per heavy atom. The van der Waals surface area contributed by atoms with Crippen LogP contribution in [0.25, 0.3) is 0 Å². The van der Waals surface area contributed by atoms with E-state index in [0.717, 1.165) is 0 Å². The molecule has 7 heteroatoms. The van der Waals surface area contributed by atoms with E-state index < -0.39 is 10.0 Å². The van der Waals surface area contributed by atoms with Gasteiger partial charge < -0.3 is 5.73 Å². The van der Waals surface area contributed by atoms with Crippen molar-refractivity contribution in [3.63, 3.8) is 0 Å². The zero-order valence-electron chi connectivity index (χ0n) is 7.77. The Hall–Kier alpha value is -0.920. The van der Waals surface area contributed by atoms with Crippen LogP contribution in [-0.2, 0) is 10.0 Å². The fourth-order valence-corrected chi connectivity index (χ4v) is 2.31. The van der Waals surface area contributed by atoms with Crippen molar-refractivity contribution in [3.05, 3.63) is 29.4 Å². The molecule has 1 heterocycles. The largest absolute Gasteiger partial charge is 0.383 e. The van der Waals surface area contributed by atoms with Crippen LogP contribution in [0.4, 0.5) is 5.82 Å². The molecule has 0 radical (unpaired) electrons. The molecular formula is C8H10BrN3O2S. The summed E-state index contributed by atoms with van der Waals surface area (Å²) in [5, 5.41) is 0. The summed E-state index contributed by atoms with van der Waals surface area (Å²) in [4.78, 5) is 3.67. The average molecular weight is 292 g/mol. The molecule has 0 spiro atoms. The maximum absolute atomic E-state index is 11.7. The fourth-order valence-electron chi connectivity index (χ4n) is 0.881. The van der Waals surface area contributed by atoms with Crippen molar-refractivity contribution in [2.75, 3.05) is 12.3 Å². The van der Waals surface area contributed by atoms with Crippen molar-refractivity contribution >= 4 is 31.8 Å². The first-order valence-corrected chi connectivity index (χ1v) is 6.24. The molecule has 0 aliphatic carbocycles. The van der Waals surface area contributed by atoms with E-state index in [0.29, 0.717) is 4.48 Å². The molecule has 0 saturated carbocycles. The molecule has 0 aromatic carbocycles. The van der Waals surface area contributed by atoms with E-state index in [9.17, 15) is 8.42 Å². The molecule has 0 atom stereocenters. The molecule has 5 nitrogen and oxygen atoms in total. The Morgan fingerprint density at radius 1 is 1.67 bits per heavy atom. The topological polar surface area (TPSA) is 85.1 Å². The Morgan fingerprint density at radius 3 is 2.87 bits per heavy atom. The van der Waals surface area contributed by atoms with E-state index in [4.69, 9.17) is 5.73 Å². The van der Waals surface area contributed by atoms with Crippen molar-refractivity contribution in [2.45, 2.75) is 4.90 Å². The van der Waals surface area contributed by atoms with E-state index in [1.54, 1.807) is 0 Å². The Balaban J connectivity index is 2.97. The standard InChI is InChI=1S/C8H10BrN3O2S/c1-6(9)5-12-15(13,14)7-3-2-4-11-8(7)10/h2-4,12H,1,5H2,(H2,10,11). The summed E-state index contributed by atoms with van der Waals surface area (Å²) >= 11 is 3.05. The van der Waals surface area contributed by atoms with Gasteiger partial charge >= 0.3 is 0 Å². The number of nitrogens with one attached hydrogen (secondary N) is 1. The number of pyridine rings is 1. The molecular weight excluding hydrogens is 282 g/mol. The number of aromatic nitrogens is 1. The van der Waals surface area contributed by atoms with Gasteiger partial charge in [-0.05, 0) is 12.1 Å². The minimum Gasteiger partial charge on any atom is -0.383 e. The number of nitrogens with zero attached hydrogens (tertiary/aromatic N) is 1. The summed E-state index contributed by atoms with van der Waals surface area (Å²) < 4.78 is 26.2. The SMILES string of the molecule is C=C(Br)CNS(=O)(=O)c1cccnc1N. The first-order chi connectivity index (χ1) is 6.93. The number of sulfonamides is 1. The highest BCUT2D eigenvalue weighted by molar-refractivity contribution is 9.11. The molecule has 0 aliphatic heterocycles. The zero-order valence-corrected chi connectivity index (χ0v) is 10.2. The van der Waals surface area contributed by atoms with Crippen LogP contribution in [0, 0.1) is 0 Å². The van der Waals surface area contributed by atoms with Crippen LogP contribution in [0.2, 0.25) is 0 Å². The van der Waals surface area contributed by atoms with Crippen LogP contribution in [0.1, 0.15) is 0 Å². The van der Waals surface area contributed by atoms with E-state index in [1.165, 1.54) is 18.3 Å². The van der Waals surface area contributed by atoms with E-state index >= 15 is 0 Å². The van der Waals surface area contributed by atoms with E-state index in [2.05, 4.69) is 32.2 Å². The molecule has 0 amide bonds. The van der Waals surface area contributed by atoms with Crippen LogP contribution in [0.15, 0.2) is 34.3 Å². The van der Waals surface area contributed by atoms with Crippen molar-refractivity contribution in [2.24, 2.45) is 0 Å². The lowest BCUT2D eigenvalue weighted by molar-refractivity contribution is 0.585. The minimum absolute atomic E-state index is 0.0230. The van der Waals surface area contributed by atoms with Gasteiger partial charge in [0, 0.05) is 17.2 Å². The first kappa shape index (κ1) is 12.2. The van der Waals surface area contributed by atoms with Crippen molar-refractivity contribution < 1.29 is 8.42 Å². The van der Waals surface area contributed by atoms with Gasteiger partial charge in [0.05, 0.1) is 0 Å². The van der Waals surface area contributed by atoms with Crippen molar-refractivity contribution in [1.82, 2.24) is 9.71 Å². The van der Waals surface area contributed by atoms with Crippen molar-refractivity contribution in [3.8, 4) is 0 Å². The number of hydrogen-bond donors (Lipinski definition) is 2. The van der Waals surface area contributed by atoms with E-state index in [1.807, 2.05) is 0 Å². The lowest BCUT2D eigenvalue weighted by Gasteiger charge is -2.06. The smallest absolute Gasteiger partial charge is 0.244 e.